The maximum absolute atomic E-state index is 8.56. The quantitative estimate of drug-likeness (QED) is 0.246. The molecule has 0 spiro atoms. The van der Waals surface area contributed by atoms with Crippen LogP contribution in [0.1, 0.15) is 0 Å². The van der Waals surface area contributed by atoms with Gasteiger partial charge in [-0.15, -0.1) is 0 Å². The van der Waals surface area contributed by atoms with Gasteiger partial charge >= 0.3 is 23.5 Å². The molecule has 0 aliphatic carbocycles. The van der Waals surface area contributed by atoms with E-state index in [9.17, 15) is 0 Å². The van der Waals surface area contributed by atoms with Crippen LogP contribution in [0.2, 0.25) is 0 Å². The van der Waals surface area contributed by atoms with E-state index in [0.717, 1.165) is 0 Å². The van der Waals surface area contributed by atoms with Crippen molar-refractivity contribution in [2.24, 2.45) is 0 Å². The fourth-order valence-electron chi connectivity index (χ4n) is 0. The summed E-state index contributed by atoms with van der Waals surface area (Å²) in [6, 6.07) is 0. The van der Waals surface area contributed by atoms with Crippen LogP contribution in [0.15, 0.2) is 0 Å². The Morgan fingerprint density at radius 2 is 1.18 bits per heavy atom. The molecule has 0 aromatic heterocycles. The van der Waals surface area contributed by atoms with E-state index in [-0.39, 0.29) is 23.5 Å². The second-order valence-corrected chi connectivity index (χ2v) is 1.51. The molecule has 10 heteroatoms. The molecule has 0 aromatic rings. The summed E-state index contributed by atoms with van der Waals surface area (Å²) in [7, 11) is -5.17. The van der Waals surface area contributed by atoms with Gasteiger partial charge in [-0.25, -0.2) is 4.79 Å². The number of rotatable bonds is 0. The van der Waals surface area contributed by atoms with E-state index in [1.807, 2.05) is 0 Å². The topological polar surface area (TPSA) is 173 Å². The predicted molar refractivity (Wildman–Crippen MR) is 31.9 cm³/mol. The first kappa shape index (κ1) is 22.4. The second-order valence-electron chi connectivity index (χ2n) is 0.691. The van der Waals surface area contributed by atoms with Gasteiger partial charge in [0.1, 0.15) is 0 Å². The van der Waals surface area contributed by atoms with E-state index < -0.39 is 16.6 Å². The van der Waals surface area contributed by atoms with Crippen molar-refractivity contribution >= 4 is 33.9 Å². The Labute approximate surface area is 73.1 Å². The Bertz CT molecular complexity index is 161. The van der Waals surface area contributed by atoms with E-state index in [1.165, 1.54) is 0 Å². The molecule has 0 bridgehead atoms. The van der Waals surface area contributed by atoms with Gasteiger partial charge in [0, 0.05) is 10.4 Å². The monoisotopic (exact) mass is 202 g/mol. The number of hydrogen-bond donors (Lipinski definition) is 3. The summed E-state index contributed by atoms with van der Waals surface area (Å²) in [5, 5.41) is 13.9. The molecule has 0 rings (SSSR count). The molecule has 0 saturated carbocycles. The molecule has 0 aromatic carbocycles. The number of carbonyl (C=O) groups is 1. The van der Waals surface area contributed by atoms with Crippen molar-refractivity contribution < 1.29 is 32.5 Å². The molecule has 0 unspecified atom stereocenters. The third-order valence-electron chi connectivity index (χ3n) is 0. The van der Waals surface area contributed by atoms with Crippen molar-refractivity contribution in [3.63, 3.8) is 0 Å². The molecule has 0 atom stereocenters. The molecule has 8 nitrogen and oxygen atoms in total. The molecule has 0 aliphatic rings. The van der Waals surface area contributed by atoms with Gasteiger partial charge in [-0.2, -0.15) is 0 Å². The van der Waals surface area contributed by atoms with Crippen molar-refractivity contribution in [1.29, 1.82) is 0 Å². The molecule has 0 amide bonds. The first-order valence-corrected chi connectivity index (χ1v) is 2.65. The Morgan fingerprint density at radius 1 is 1.18 bits per heavy atom. The summed E-state index contributed by atoms with van der Waals surface area (Å²) >= 11 is 0. The molecule has 0 fully saturated rings. The first-order chi connectivity index (χ1) is 3.73. The van der Waals surface area contributed by atoms with E-state index >= 15 is 0 Å². The molecule has 1 radical (unpaired) electrons. The third-order valence-corrected chi connectivity index (χ3v) is 0. The Balaban J connectivity index is -0.0000000383. The minimum Gasteiger partial charge on any atom is -0.759 e. The van der Waals surface area contributed by atoms with Gasteiger partial charge in [-0.05, 0) is 0 Å². The minimum absolute atomic E-state index is 0. The maximum atomic E-state index is 8.56. The van der Waals surface area contributed by atoms with Crippen molar-refractivity contribution in [2.75, 3.05) is 0 Å². The van der Waals surface area contributed by atoms with Crippen LogP contribution in [0.4, 0.5) is 4.79 Å². The zero-order valence-corrected chi connectivity index (χ0v) is 7.10. The van der Waals surface area contributed by atoms with Crippen LogP contribution in [-0.4, -0.2) is 51.3 Å². The maximum Gasteiger partial charge on any atom is 2.00 e. The molecule has 11 heavy (non-hydrogen) atoms. The standard InChI is InChI=1S/CH2O3.Al.H3N.H2O4S/c2-1(3)4;;;1-5(2,3)4/h(H2,2,3,4);;1H3;(H2,1,2,3,4)/q;+2;;/p-2. The summed E-state index contributed by atoms with van der Waals surface area (Å²) in [5.41, 5.74) is 0. The van der Waals surface area contributed by atoms with Gasteiger partial charge in [0.15, 0.2) is 0 Å². The van der Waals surface area contributed by atoms with Gasteiger partial charge < -0.3 is 25.5 Å². The van der Waals surface area contributed by atoms with Gasteiger partial charge in [-0.1, -0.05) is 0 Å². The van der Waals surface area contributed by atoms with Gasteiger partial charge in [-0.3, -0.25) is 8.42 Å². The van der Waals surface area contributed by atoms with Crippen molar-refractivity contribution in [2.45, 2.75) is 0 Å². The Kier molecular flexibility index (Phi) is 19.6. The molecule has 0 heterocycles. The summed E-state index contributed by atoms with van der Waals surface area (Å²) in [6.45, 7) is 0. The van der Waals surface area contributed by atoms with Gasteiger partial charge in [0.25, 0.3) is 0 Å². The summed E-state index contributed by atoms with van der Waals surface area (Å²) in [5.74, 6) is 0. The predicted octanol–water partition coefficient (Wildman–Crippen LogP) is -1.33. The third kappa shape index (κ3) is 4150. The molecular weight excluding hydrogens is 197 g/mol. The molecular formula is CH5AlNO7S. The summed E-state index contributed by atoms with van der Waals surface area (Å²) < 4.78 is 34.1. The largest absolute Gasteiger partial charge is 2.00 e. The zero-order valence-electron chi connectivity index (χ0n) is 5.13. The van der Waals surface area contributed by atoms with Crippen molar-refractivity contribution in [3.05, 3.63) is 0 Å². The molecule has 0 saturated heterocycles. The summed E-state index contributed by atoms with van der Waals surface area (Å²) in [6.07, 6.45) is -1.83. The number of hydrogen-bond acceptors (Lipinski definition) is 6. The van der Waals surface area contributed by atoms with Crippen molar-refractivity contribution in [3.8, 4) is 0 Å². The van der Waals surface area contributed by atoms with Crippen LogP contribution >= 0.6 is 0 Å². The smallest absolute Gasteiger partial charge is 0.759 e. The number of carboxylic acid groups (broad SMARTS) is 2. The average Bonchev–Trinajstić information content (AvgIpc) is 1.19. The van der Waals surface area contributed by atoms with E-state index in [0.29, 0.717) is 0 Å². The zero-order chi connectivity index (χ0) is 8.08. The van der Waals surface area contributed by atoms with Crippen LogP contribution in [0, 0.1) is 0 Å². The van der Waals surface area contributed by atoms with Crippen molar-refractivity contribution in [1.82, 2.24) is 6.15 Å². The van der Waals surface area contributed by atoms with Crippen LogP contribution < -0.4 is 6.15 Å². The fourth-order valence-corrected chi connectivity index (χ4v) is 0. The van der Waals surface area contributed by atoms with E-state index in [1.54, 1.807) is 0 Å². The van der Waals surface area contributed by atoms with Crippen LogP contribution in [-0.2, 0) is 10.4 Å². The SMILES string of the molecule is N.O=C(O)O.O=S(=O)([O-])[O-].[Al+2]. The first-order valence-electron chi connectivity index (χ1n) is 1.32. The van der Waals surface area contributed by atoms with Crippen LogP contribution in [0.5, 0.6) is 0 Å². The van der Waals surface area contributed by atoms with E-state index in [2.05, 4.69) is 0 Å². The van der Waals surface area contributed by atoms with Gasteiger partial charge in [0.05, 0.1) is 0 Å². The van der Waals surface area contributed by atoms with Crippen LogP contribution in [0.3, 0.4) is 0 Å². The van der Waals surface area contributed by atoms with E-state index in [4.69, 9.17) is 32.5 Å². The molecule has 65 valence electrons. The molecule has 5 N–H and O–H groups in total. The fraction of sp³-hybridized carbons (Fsp3) is 0. The van der Waals surface area contributed by atoms with Crippen LogP contribution in [0.25, 0.3) is 0 Å². The normalized spacial score (nSPS) is 7.45. The summed E-state index contributed by atoms with van der Waals surface area (Å²) in [4.78, 5) is 8.56. The average molecular weight is 202 g/mol. The van der Waals surface area contributed by atoms with Gasteiger partial charge in [0.2, 0.25) is 0 Å². The minimum atomic E-state index is -5.17. The molecule has 0 aliphatic heterocycles. The Morgan fingerprint density at radius 3 is 1.18 bits per heavy atom. The second kappa shape index (κ2) is 9.63. The Hall–Kier alpha value is -0.368.